The number of nitrogens with zero attached hydrogens (tertiary/aromatic N) is 2. The number of hydrogen-bond donors (Lipinski definition) is 2. The van der Waals surface area contributed by atoms with Gasteiger partial charge in [0.05, 0.1) is 6.61 Å². The Morgan fingerprint density at radius 1 is 1.30 bits per heavy atom. The van der Waals surface area contributed by atoms with Crippen LogP contribution in [0.3, 0.4) is 0 Å². The number of nitrogens with two attached hydrogens (primary N) is 1. The second kappa shape index (κ2) is 6.68. The van der Waals surface area contributed by atoms with Crippen LogP contribution >= 0.6 is 0 Å². The molecule has 2 unspecified atom stereocenters. The molecule has 3 N–H and O–H groups in total. The monoisotopic (exact) mass is 277 g/mol. The number of benzene rings is 1. The molecule has 1 aliphatic heterocycles. The summed E-state index contributed by atoms with van der Waals surface area (Å²) in [5, 5.41) is 9.30. The Morgan fingerprint density at radius 3 is 2.65 bits per heavy atom. The van der Waals surface area contributed by atoms with Crippen molar-refractivity contribution in [1.82, 2.24) is 9.80 Å². The first-order chi connectivity index (χ1) is 9.52. The van der Waals surface area contributed by atoms with Crippen LogP contribution in [0.1, 0.15) is 24.9 Å². The third-order valence-electron chi connectivity index (χ3n) is 4.21. The van der Waals surface area contributed by atoms with E-state index in [4.69, 9.17) is 5.73 Å². The van der Waals surface area contributed by atoms with Crippen molar-refractivity contribution in [3.8, 4) is 0 Å². The van der Waals surface area contributed by atoms with E-state index in [2.05, 4.69) is 47.2 Å². The van der Waals surface area contributed by atoms with Crippen molar-refractivity contribution in [2.75, 3.05) is 39.8 Å². The molecule has 20 heavy (non-hydrogen) atoms. The fraction of sp³-hybridized carbons (Fsp3) is 0.625. The van der Waals surface area contributed by atoms with Gasteiger partial charge in [0.2, 0.25) is 0 Å². The highest BCUT2D eigenvalue weighted by Crippen LogP contribution is 2.25. The molecule has 0 saturated carbocycles. The SMILES string of the molecule is CN1CCN(CCC(C)(N)CO)C(c2ccccc2)C1. The second-order valence-electron chi connectivity index (χ2n) is 6.29. The van der Waals surface area contributed by atoms with E-state index in [0.29, 0.717) is 6.04 Å². The lowest BCUT2D eigenvalue weighted by atomic mass is 9.97. The Balaban J connectivity index is 2.05. The van der Waals surface area contributed by atoms with Crippen molar-refractivity contribution in [3.05, 3.63) is 35.9 Å². The highest BCUT2D eigenvalue weighted by molar-refractivity contribution is 5.20. The minimum Gasteiger partial charge on any atom is -0.394 e. The lowest BCUT2D eigenvalue weighted by Crippen LogP contribution is -2.50. The van der Waals surface area contributed by atoms with E-state index in [-0.39, 0.29) is 6.61 Å². The maximum atomic E-state index is 9.30. The van der Waals surface area contributed by atoms with Gasteiger partial charge in [0.25, 0.3) is 0 Å². The van der Waals surface area contributed by atoms with Gasteiger partial charge in [0, 0.05) is 37.8 Å². The number of piperazine rings is 1. The zero-order chi connectivity index (χ0) is 14.6. The maximum Gasteiger partial charge on any atom is 0.0608 e. The predicted octanol–water partition coefficient (Wildman–Crippen LogP) is 1.07. The fourth-order valence-corrected chi connectivity index (χ4v) is 2.69. The minimum absolute atomic E-state index is 0.0384. The average Bonchev–Trinajstić information content (AvgIpc) is 2.47. The van der Waals surface area contributed by atoms with Gasteiger partial charge in [-0.1, -0.05) is 30.3 Å². The molecule has 4 nitrogen and oxygen atoms in total. The van der Waals surface area contributed by atoms with Crippen molar-refractivity contribution < 1.29 is 5.11 Å². The molecular formula is C16H27N3O. The van der Waals surface area contributed by atoms with Crippen LogP contribution in [0.2, 0.25) is 0 Å². The molecule has 0 aromatic heterocycles. The molecule has 0 amide bonds. The highest BCUT2D eigenvalue weighted by Gasteiger charge is 2.28. The summed E-state index contributed by atoms with van der Waals surface area (Å²) in [7, 11) is 2.17. The third kappa shape index (κ3) is 4.03. The van der Waals surface area contributed by atoms with Crippen LogP contribution in [-0.2, 0) is 0 Å². The van der Waals surface area contributed by atoms with Gasteiger partial charge in [-0.25, -0.2) is 0 Å². The van der Waals surface area contributed by atoms with Crippen molar-refractivity contribution in [2.24, 2.45) is 5.73 Å². The van der Waals surface area contributed by atoms with E-state index in [0.717, 1.165) is 32.6 Å². The number of hydrogen-bond acceptors (Lipinski definition) is 4. The Labute approximate surface area is 122 Å². The average molecular weight is 277 g/mol. The van der Waals surface area contributed by atoms with E-state index in [9.17, 15) is 5.11 Å². The molecule has 2 atom stereocenters. The van der Waals surface area contributed by atoms with E-state index in [1.165, 1.54) is 5.56 Å². The molecule has 1 saturated heterocycles. The summed E-state index contributed by atoms with van der Waals surface area (Å²) in [6, 6.07) is 11.1. The first kappa shape index (κ1) is 15.4. The molecule has 2 rings (SSSR count). The van der Waals surface area contributed by atoms with Crippen LogP contribution in [-0.4, -0.2) is 60.3 Å². The Morgan fingerprint density at radius 2 is 2.00 bits per heavy atom. The van der Waals surface area contributed by atoms with Crippen LogP contribution < -0.4 is 5.73 Å². The van der Waals surface area contributed by atoms with Gasteiger partial charge in [-0.05, 0) is 26.0 Å². The largest absolute Gasteiger partial charge is 0.394 e. The molecule has 1 fully saturated rings. The second-order valence-corrected chi connectivity index (χ2v) is 6.29. The van der Waals surface area contributed by atoms with Crippen LogP contribution in [0.5, 0.6) is 0 Å². The van der Waals surface area contributed by atoms with Crippen LogP contribution in [0.15, 0.2) is 30.3 Å². The molecule has 1 heterocycles. The quantitative estimate of drug-likeness (QED) is 0.845. The predicted molar refractivity (Wildman–Crippen MR) is 82.5 cm³/mol. The van der Waals surface area contributed by atoms with Crippen molar-refractivity contribution in [1.29, 1.82) is 0 Å². The van der Waals surface area contributed by atoms with Crippen molar-refractivity contribution in [2.45, 2.75) is 24.9 Å². The molecule has 1 aliphatic rings. The Kier molecular flexibility index (Phi) is 5.16. The first-order valence-corrected chi connectivity index (χ1v) is 7.39. The van der Waals surface area contributed by atoms with Crippen LogP contribution in [0.25, 0.3) is 0 Å². The van der Waals surface area contributed by atoms with E-state index in [1.54, 1.807) is 0 Å². The zero-order valence-electron chi connectivity index (χ0n) is 12.6. The molecule has 0 aliphatic carbocycles. The molecule has 0 bridgehead atoms. The standard InChI is InChI=1S/C16H27N3O/c1-16(17,13-20)8-9-19-11-10-18(2)12-15(19)14-6-4-3-5-7-14/h3-7,15,20H,8-13,17H2,1-2H3. The first-order valence-electron chi connectivity index (χ1n) is 7.39. The van der Waals surface area contributed by atoms with Gasteiger partial charge in [0.1, 0.15) is 0 Å². The fourth-order valence-electron chi connectivity index (χ4n) is 2.69. The maximum absolute atomic E-state index is 9.30. The number of aliphatic hydroxyl groups excluding tert-OH is 1. The molecular weight excluding hydrogens is 250 g/mol. The lowest BCUT2D eigenvalue weighted by molar-refractivity contribution is 0.0772. The molecule has 0 spiro atoms. The highest BCUT2D eigenvalue weighted by atomic mass is 16.3. The summed E-state index contributed by atoms with van der Waals surface area (Å²) in [6.07, 6.45) is 0.816. The topological polar surface area (TPSA) is 52.7 Å². The molecule has 1 aromatic rings. The lowest BCUT2D eigenvalue weighted by Gasteiger charge is -2.41. The molecule has 4 heteroatoms. The van der Waals surface area contributed by atoms with Crippen LogP contribution in [0.4, 0.5) is 0 Å². The molecule has 0 radical (unpaired) electrons. The van der Waals surface area contributed by atoms with E-state index in [1.807, 2.05) is 6.92 Å². The van der Waals surface area contributed by atoms with Gasteiger partial charge in [-0.3, -0.25) is 4.90 Å². The summed E-state index contributed by atoms with van der Waals surface area (Å²) in [5.41, 5.74) is 6.94. The Bertz CT molecular complexity index is 407. The van der Waals surface area contributed by atoms with Gasteiger partial charge in [-0.15, -0.1) is 0 Å². The number of rotatable bonds is 5. The van der Waals surface area contributed by atoms with Crippen molar-refractivity contribution >= 4 is 0 Å². The summed E-state index contributed by atoms with van der Waals surface area (Å²) in [4.78, 5) is 4.87. The van der Waals surface area contributed by atoms with E-state index >= 15 is 0 Å². The summed E-state index contributed by atoms with van der Waals surface area (Å²) in [5.74, 6) is 0. The molecule has 1 aromatic carbocycles. The van der Waals surface area contributed by atoms with Gasteiger partial charge in [-0.2, -0.15) is 0 Å². The number of likely N-dealkylation sites (N-methyl/N-ethyl adjacent to an activating group) is 1. The van der Waals surface area contributed by atoms with Gasteiger partial charge >= 0.3 is 0 Å². The van der Waals surface area contributed by atoms with Gasteiger partial charge < -0.3 is 15.7 Å². The smallest absolute Gasteiger partial charge is 0.0608 e. The normalized spacial score (nSPS) is 24.5. The Hall–Kier alpha value is -0.940. The van der Waals surface area contributed by atoms with Gasteiger partial charge in [0.15, 0.2) is 0 Å². The minimum atomic E-state index is -0.482. The van der Waals surface area contributed by atoms with Crippen molar-refractivity contribution in [3.63, 3.8) is 0 Å². The van der Waals surface area contributed by atoms with E-state index < -0.39 is 5.54 Å². The summed E-state index contributed by atoms with van der Waals surface area (Å²) < 4.78 is 0. The summed E-state index contributed by atoms with van der Waals surface area (Å²) >= 11 is 0. The number of aliphatic hydroxyl groups is 1. The third-order valence-corrected chi connectivity index (χ3v) is 4.21. The summed E-state index contributed by atoms with van der Waals surface area (Å²) in [6.45, 7) is 6.07. The zero-order valence-corrected chi connectivity index (χ0v) is 12.6. The molecule has 112 valence electrons. The van der Waals surface area contributed by atoms with Crippen LogP contribution in [0, 0.1) is 0 Å².